The summed E-state index contributed by atoms with van der Waals surface area (Å²) in [4.78, 5) is 2.58. The van der Waals surface area contributed by atoms with Gasteiger partial charge in [-0.2, -0.15) is 0 Å². The number of rotatable bonds is 5. The number of hydrogen-bond donors (Lipinski definition) is 2. The van der Waals surface area contributed by atoms with E-state index in [2.05, 4.69) is 46.7 Å². The highest BCUT2D eigenvalue weighted by atomic mass is 35.5. The standard InChI is InChI=1S/C20H31N3O.ClH/c1-15(23-11-9-16-5-2-3-8-20(16)23)13-22-18-7-4-6-17(18)19-14-24-12-10-21-19;/h2-3,5,8,15,17-19,21-22H,4,6-7,9-14H2,1H3;1H. The molecule has 0 radical (unpaired) electrons. The molecular formula is C20H32ClN3O. The molecular weight excluding hydrogens is 334 g/mol. The number of benzene rings is 1. The lowest BCUT2D eigenvalue weighted by Gasteiger charge is -2.34. The average Bonchev–Trinajstić information content (AvgIpc) is 3.27. The van der Waals surface area contributed by atoms with Crippen LogP contribution < -0.4 is 15.5 Å². The number of nitrogens with one attached hydrogen (secondary N) is 2. The van der Waals surface area contributed by atoms with E-state index in [-0.39, 0.29) is 12.4 Å². The molecule has 4 rings (SSSR count). The van der Waals surface area contributed by atoms with Crippen LogP contribution in [0.2, 0.25) is 0 Å². The Bertz CT molecular complexity index is 549. The lowest BCUT2D eigenvalue weighted by atomic mass is 9.94. The summed E-state index contributed by atoms with van der Waals surface area (Å²) in [6.07, 6.45) is 5.18. The van der Waals surface area contributed by atoms with Gasteiger partial charge in [-0.15, -0.1) is 12.4 Å². The number of halogens is 1. The summed E-state index contributed by atoms with van der Waals surface area (Å²) in [5, 5.41) is 7.57. The van der Waals surface area contributed by atoms with Crippen molar-refractivity contribution in [1.29, 1.82) is 0 Å². The minimum atomic E-state index is 0. The molecule has 1 aliphatic carbocycles. The Hall–Kier alpha value is -0.810. The molecule has 25 heavy (non-hydrogen) atoms. The predicted octanol–water partition coefficient (Wildman–Crippen LogP) is 2.61. The maximum absolute atomic E-state index is 5.69. The summed E-state index contributed by atoms with van der Waals surface area (Å²) >= 11 is 0. The van der Waals surface area contributed by atoms with E-state index in [1.165, 1.54) is 36.9 Å². The van der Waals surface area contributed by atoms with Crippen molar-refractivity contribution in [3.63, 3.8) is 0 Å². The summed E-state index contributed by atoms with van der Waals surface area (Å²) in [5.74, 6) is 0.725. The molecule has 2 N–H and O–H groups in total. The van der Waals surface area contributed by atoms with Crippen molar-refractivity contribution in [3.05, 3.63) is 29.8 Å². The van der Waals surface area contributed by atoms with Gasteiger partial charge in [-0.3, -0.25) is 0 Å². The molecule has 2 heterocycles. The topological polar surface area (TPSA) is 36.5 Å². The van der Waals surface area contributed by atoms with Crippen LogP contribution in [0.1, 0.15) is 31.7 Å². The molecule has 140 valence electrons. The fourth-order valence-corrected chi connectivity index (χ4v) is 4.84. The molecule has 3 aliphatic rings. The number of nitrogens with zero attached hydrogens (tertiary/aromatic N) is 1. The summed E-state index contributed by atoms with van der Waals surface area (Å²) < 4.78 is 5.69. The molecule has 0 spiro atoms. The quantitative estimate of drug-likeness (QED) is 0.841. The molecule has 4 atom stereocenters. The molecule has 4 nitrogen and oxygen atoms in total. The molecule has 1 aromatic rings. The smallest absolute Gasteiger partial charge is 0.0623 e. The van der Waals surface area contributed by atoms with Crippen LogP contribution in [0.5, 0.6) is 0 Å². The van der Waals surface area contributed by atoms with Crippen LogP contribution in [-0.2, 0) is 11.2 Å². The second kappa shape index (κ2) is 8.72. The lowest BCUT2D eigenvalue weighted by molar-refractivity contribution is 0.0525. The van der Waals surface area contributed by atoms with Crippen LogP contribution in [0.4, 0.5) is 5.69 Å². The third kappa shape index (κ3) is 4.13. The number of para-hydroxylation sites is 1. The van der Waals surface area contributed by atoms with E-state index in [1.807, 2.05) is 0 Å². The van der Waals surface area contributed by atoms with Gasteiger partial charge in [0.15, 0.2) is 0 Å². The number of ether oxygens (including phenoxy) is 1. The third-order valence-corrected chi connectivity index (χ3v) is 6.17. The molecule has 0 amide bonds. The van der Waals surface area contributed by atoms with E-state index in [1.54, 1.807) is 0 Å². The van der Waals surface area contributed by atoms with Crippen molar-refractivity contribution in [1.82, 2.24) is 10.6 Å². The highest BCUT2D eigenvalue weighted by Gasteiger charge is 2.35. The number of morpholine rings is 1. The van der Waals surface area contributed by atoms with Crippen molar-refractivity contribution in [3.8, 4) is 0 Å². The van der Waals surface area contributed by atoms with Gasteiger partial charge in [0.1, 0.15) is 0 Å². The van der Waals surface area contributed by atoms with E-state index in [4.69, 9.17) is 4.74 Å². The van der Waals surface area contributed by atoms with E-state index in [0.29, 0.717) is 18.1 Å². The Morgan fingerprint density at radius 3 is 3.04 bits per heavy atom. The fraction of sp³-hybridized carbons (Fsp3) is 0.700. The first kappa shape index (κ1) is 19.0. The van der Waals surface area contributed by atoms with Gasteiger partial charge >= 0.3 is 0 Å². The zero-order valence-electron chi connectivity index (χ0n) is 15.2. The van der Waals surface area contributed by atoms with Gasteiger partial charge in [-0.25, -0.2) is 0 Å². The van der Waals surface area contributed by atoms with Gasteiger partial charge in [0, 0.05) is 43.4 Å². The Labute approximate surface area is 158 Å². The van der Waals surface area contributed by atoms with Gasteiger partial charge in [0.25, 0.3) is 0 Å². The highest BCUT2D eigenvalue weighted by molar-refractivity contribution is 5.85. The van der Waals surface area contributed by atoms with Crippen molar-refractivity contribution < 1.29 is 4.74 Å². The molecule has 1 aromatic carbocycles. The Morgan fingerprint density at radius 1 is 1.32 bits per heavy atom. The number of fused-ring (bicyclic) bond motifs is 1. The zero-order valence-corrected chi connectivity index (χ0v) is 16.1. The fourth-order valence-electron chi connectivity index (χ4n) is 4.84. The van der Waals surface area contributed by atoms with Crippen LogP contribution in [0, 0.1) is 5.92 Å². The van der Waals surface area contributed by atoms with E-state index < -0.39 is 0 Å². The molecule has 2 fully saturated rings. The number of hydrogen-bond acceptors (Lipinski definition) is 4. The van der Waals surface area contributed by atoms with E-state index >= 15 is 0 Å². The minimum Gasteiger partial charge on any atom is -0.379 e. The van der Waals surface area contributed by atoms with Crippen molar-refractivity contribution in [2.24, 2.45) is 5.92 Å². The normalized spacial score (nSPS) is 30.0. The Balaban J connectivity index is 0.00000182. The van der Waals surface area contributed by atoms with Gasteiger partial charge in [-0.05, 0) is 43.7 Å². The summed E-state index contributed by atoms with van der Waals surface area (Å²) in [6.45, 7) is 7.36. The summed E-state index contributed by atoms with van der Waals surface area (Å²) in [5.41, 5.74) is 2.95. The second-order valence-electron chi connectivity index (χ2n) is 7.67. The second-order valence-corrected chi connectivity index (χ2v) is 7.67. The average molecular weight is 366 g/mol. The summed E-state index contributed by atoms with van der Waals surface area (Å²) in [7, 11) is 0. The molecule has 4 unspecified atom stereocenters. The maximum atomic E-state index is 5.69. The van der Waals surface area contributed by atoms with Gasteiger partial charge < -0.3 is 20.3 Å². The van der Waals surface area contributed by atoms with Gasteiger partial charge in [-0.1, -0.05) is 24.6 Å². The monoisotopic (exact) mass is 365 g/mol. The van der Waals surface area contributed by atoms with Crippen molar-refractivity contribution in [2.45, 2.75) is 50.7 Å². The van der Waals surface area contributed by atoms with E-state index in [9.17, 15) is 0 Å². The first-order chi connectivity index (χ1) is 11.8. The van der Waals surface area contributed by atoms with Crippen LogP contribution in [0.25, 0.3) is 0 Å². The molecule has 0 aromatic heterocycles. The molecule has 2 aliphatic heterocycles. The highest BCUT2D eigenvalue weighted by Crippen LogP contribution is 2.31. The molecule has 1 saturated carbocycles. The van der Waals surface area contributed by atoms with Gasteiger partial charge in [0.2, 0.25) is 0 Å². The van der Waals surface area contributed by atoms with Crippen LogP contribution in [0.3, 0.4) is 0 Å². The molecule has 5 heteroatoms. The predicted molar refractivity (Wildman–Crippen MR) is 106 cm³/mol. The first-order valence-electron chi connectivity index (χ1n) is 9.72. The Kier molecular flexibility index (Phi) is 6.61. The zero-order chi connectivity index (χ0) is 16.4. The van der Waals surface area contributed by atoms with Crippen molar-refractivity contribution >= 4 is 18.1 Å². The van der Waals surface area contributed by atoms with Crippen LogP contribution in [-0.4, -0.2) is 51.0 Å². The first-order valence-corrected chi connectivity index (χ1v) is 9.72. The molecule has 0 bridgehead atoms. The SMILES string of the molecule is CC(CNC1CCCC1C1COCCN1)N1CCc2ccccc21.Cl. The minimum absolute atomic E-state index is 0. The van der Waals surface area contributed by atoms with Crippen LogP contribution in [0.15, 0.2) is 24.3 Å². The van der Waals surface area contributed by atoms with Gasteiger partial charge in [0.05, 0.1) is 13.2 Å². The molecule has 1 saturated heterocycles. The summed E-state index contributed by atoms with van der Waals surface area (Å²) in [6, 6.07) is 10.6. The number of anilines is 1. The van der Waals surface area contributed by atoms with E-state index in [0.717, 1.165) is 38.8 Å². The van der Waals surface area contributed by atoms with Crippen LogP contribution >= 0.6 is 12.4 Å². The maximum Gasteiger partial charge on any atom is 0.0623 e. The lowest BCUT2D eigenvalue weighted by Crippen LogP contribution is -2.52. The largest absolute Gasteiger partial charge is 0.379 e. The van der Waals surface area contributed by atoms with Crippen molar-refractivity contribution in [2.75, 3.05) is 37.7 Å². The Morgan fingerprint density at radius 2 is 2.20 bits per heavy atom. The third-order valence-electron chi connectivity index (χ3n) is 6.17.